The maximum Gasteiger partial charge on any atom is 0.446 e. The quantitative estimate of drug-likeness (QED) is 0.100. The van der Waals surface area contributed by atoms with Crippen LogP contribution >= 0.6 is 47.5 Å². The Morgan fingerprint density at radius 1 is 0.875 bits per heavy atom. The van der Waals surface area contributed by atoms with Crippen molar-refractivity contribution in [2.45, 2.75) is 27.6 Å². The van der Waals surface area contributed by atoms with Crippen molar-refractivity contribution < 1.29 is 32.7 Å². The molecule has 250 valence electrons. The van der Waals surface area contributed by atoms with Crippen molar-refractivity contribution in [3.8, 4) is 0 Å². The Balaban J connectivity index is 0.00000520. The lowest BCUT2D eigenvalue weighted by atomic mass is 10.1. The number of carbonyl (C=O) groups excluding carboxylic acids is 2. The van der Waals surface area contributed by atoms with Gasteiger partial charge in [0.15, 0.2) is 0 Å². The number of carbonyl (C=O) groups is 3. The number of benzene rings is 4. The molecule has 0 saturated heterocycles. The minimum absolute atomic E-state index is 0. The summed E-state index contributed by atoms with van der Waals surface area (Å²) >= 11 is 7.61. The summed E-state index contributed by atoms with van der Waals surface area (Å²) in [6.45, 7) is -0.0926. The first kappa shape index (κ1) is 36.7. The maximum absolute atomic E-state index is 13.7. The standard InChI is InChI=1S/C33H26ClF3N4O4S2.ClH/c34-22-7-14-29-27(15-22)28(18-41(29)31(44)26-4-2-1-3-21(26)16-38-17-30(42)43)40-32(45)39-23-8-12-24(13-9-23)46-19-20-5-10-25(11-6-20)47-33(35,36)37;/h1-15,18,38H,16-17,19H2,(H,42,43)(H2,39,40,45);1H. The van der Waals surface area contributed by atoms with Crippen LogP contribution < -0.4 is 16.0 Å². The number of halogens is 5. The van der Waals surface area contributed by atoms with E-state index in [-0.39, 0.29) is 48.1 Å². The zero-order valence-corrected chi connectivity index (χ0v) is 27.9. The lowest BCUT2D eigenvalue weighted by Crippen LogP contribution is -2.23. The minimum atomic E-state index is -4.33. The van der Waals surface area contributed by atoms with Crippen LogP contribution in [0.2, 0.25) is 5.02 Å². The van der Waals surface area contributed by atoms with E-state index in [0.29, 0.717) is 44.2 Å². The molecule has 0 saturated carbocycles. The Hall–Kier alpha value is -4.14. The van der Waals surface area contributed by atoms with Gasteiger partial charge in [-0.3, -0.25) is 14.2 Å². The highest BCUT2D eigenvalue weighted by Crippen LogP contribution is 2.37. The summed E-state index contributed by atoms with van der Waals surface area (Å²) in [6.07, 6.45) is 1.51. The number of hydrogen-bond acceptors (Lipinski definition) is 6. The molecule has 0 radical (unpaired) electrons. The van der Waals surface area contributed by atoms with Crippen LogP contribution in [-0.4, -0.2) is 39.6 Å². The van der Waals surface area contributed by atoms with Crippen LogP contribution in [0.15, 0.2) is 107 Å². The first-order valence-electron chi connectivity index (χ1n) is 14.0. The van der Waals surface area contributed by atoms with Crippen molar-refractivity contribution >= 4 is 87.7 Å². The molecule has 0 aliphatic carbocycles. The van der Waals surface area contributed by atoms with Gasteiger partial charge in [0.2, 0.25) is 0 Å². The van der Waals surface area contributed by atoms with Crippen LogP contribution in [0.4, 0.5) is 29.3 Å². The SMILES string of the molecule is Cl.O=C(O)CNCc1ccccc1C(=O)n1cc(NC(=O)Nc2ccc(SCc3ccc(SC(F)(F)F)cc3)cc2)c2cc(Cl)ccc21. The number of urea groups is 1. The number of amides is 2. The van der Waals surface area contributed by atoms with E-state index in [1.165, 1.54) is 34.7 Å². The average Bonchev–Trinajstić information content (AvgIpc) is 3.37. The molecule has 5 aromatic rings. The van der Waals surface area contributed by atoms with E-state index < -0.39 is 17.5 Å². The molecule has 0 spiro atoms. The zero-order valence-electron chi connectivity index (χ0n) is 24.7. The number of anilines is 2. The van der Waals surface area contributed by atoms with Gasteiger partial charge in [0, 0.05) is 49.9 Å². The second-order valence-corrected chi connectivity index (χ2v) is 12.7. The minimum Gasteiger partial charge on any atom is -0.480 e. The molecule has 4 aromatic carbocycles. The number of fused-ring (bicyclic) bond motifs is 1. The van der Waals surface area contributed by atoms with Crippen molar-refractivity contribution in [1.82, 2.24) is 9.88 Å². The summed E-state index contributed by atoms with van der Waals surface area (Å²) in [5.74, 6) is -0.832. The van der Waals surface area contributed by atoms with E-state index >= 15 is 0 Å². The highest BCUT2D eigenvalue weighted by atomic mass is 35.5. The molecule has 1 heterocycles. The average molecular weight is 736 g/mol. The van der Waals surface area contributed by atoms with Gasteiger partial charge in [-0.05, 0) is 83.6 Å². The maximum atomic E-state index is 13.7. The summed E-state index contributed by atoms with van der Waals surface area (Å²) < 4.78 is 39.1. The topological polar surface area (TPSA) is 112 Å². The molecule has 0 unspecified atom stereocenters. The van der Waals surface area contributed by atoms with Gasteiger partial charge >= 0.3 is 17.5 Å². The molecular formula is C33H27Cl2F3N4O4S2. The van der Waals surface area contributed by atoms with Crippen LogP contribution in [0.5, 0.6) is 0 Å². The molecule has 0 aliphatic heterocycles. The lowest BCUT2D eigenvalue weighted by Gasteiger charge is -2.10. The van der Waals surface area contributed by atoms with Gasteiger partial charge in [0.05, 0.1) is 17.7 Å². The van der Waals surface area contributed by atoms with Crippen LogP contribution in [0, 0.1) is 0 Å². The number of aliphatic carboxylic acids is 1. The predicted molar refractivity (Wildman–Crippen MR) is 187 cm³/mol. The number of thioether (sulfide) groups is 2. The summed E-state index contributed by atoms with van der Waals surface area (Å²) in [4.78, 5) is 38.7. The van der Waals surface area contributed by atoms with E-state index in [4.69, 9.17) is 16.7 Å². The van der Waals surface area contributed by atoms with Crippen LogP contribution in [-0.2, 0) is 17.1 Å². The molecule has 0 atom stereocenters. The molecule has 15 heteroatoms. The lowest BCUT2D eigenvalue weighted by molar-refractivity contribution is -0.136. The highest BCUT2D eigenvalue weighted by molar-refractivity contribution is 8.00. The number of carboxylic acids is 1. The monoisotopic (exact) mass is 734 g/mol. The fourth-order valence-electron chi connectivity index (χ4n) is 4.66. The molecule has 5 rings (SSSR count). The van der Waals surface area contributed by atoms with Crippen molar-refractivity contribution in [2.75, 3.05) is 17.2 Å². The Labute approximate surface area is 292 Å². The van der Waals surface area contributed by atoms with E-state index in [1.807, 2.05) is 12.1 Å². The van der Waals surface area contributed by atoms with E-state index in [1.54, 1.807) is 66.7 Å². The first-order valence-corrected chi connectivity index (χ1v) is 16.1. The van der Waals surface area contributed by atoms with E-state index in [2.05, 4.69) is 16.0 Å². The summed E-state index contributed by atoms with van der Waals surface area (Å²) in [5.41, 5.74) is -1.10. The van der Waals surface area contributed by atoms with Gasteiger partial charge in [-0.25, -0.2) is 4.79 Å². The highest BCUT2D eigenvalue weighted by Gasteiger charge is 2.29. The van der Waals surface area contributed by atoms with Crippen LogP contribution in [0.25, 0.3) is 10.9 Å². The molecule has 4 N–H and O–H groups in total. The molecule has 0 aliphatic rings. The molecule has 48 heavy (non-hydrogen) atoms. The van der Waals surface area contributed by atoms with Crippen molar-refractivity contribution in [3.05, 3.63) is 119 Å². The molecule has 8 nitrogen and oxygen atoms in total. The molecule has 1 aromatic heterocycles. The number of nitrogens with zero attached hydrogens (tertiary/aromatic N) is 1. The molecular weight excluding hydrogens is 708 g/mol. The van der Waals surface area contributed by atoms with Gasteiger partial charge in [-0.2, -0.15) is 13.2 Å². The number of rotatable bonds is 11. The number of aromatic nitrogens is 1. The third kappa shape index (κ3) is 9.94. The first-order chi connectivity index (χ1) is 22.4. The second kappa shape index (κ2) is 16.3. The summed E-state index contributed by atoms with van der Waals surface area (Å²) in [5, 5.41) is 18.3. The van der Waals surface area contributed by atoms with Gasteiger partial charge in [-0.1, -0.05) is 41.9 Å². The Morgan fingerprint density at radius 2 is 1.56 bits per heavy atom. The Kier molecular flexibility index (Phi) is 12.5. The largest absolute Gasteiger partial charge is 0.480 e. The fourth-order valence-corrected chi connectivity index (χ4v) is 6.23. The normalized spacial score (nSPS) is 11.2. The van der Waals surface area contributed by atoms with Gasteiger partial charge in [0.1, 0.15) is 0 Å². The fraction of sp³-hybridized carbons (Fsp3) is 0.121. The molecule has 2 amide bonds. The molecule has 0 bridgehead atoms. The smallest absolute Gasteiger partial charge is 0.446 e. The summed E-state index contributed by atoms with van der Waals surface area (Å²) in [6, 6.07) is 24.6. The molecule has 0 fully saturated rings. The van der Waals surface area contributed by atoms with Crippen LogP contribution in [0.3, 0.4) is 0 Å². The summed E-state index contributed by atoms with van der Waals surface area (Å²) in [7, 11) is 0. The Morgan fingerprint density at radius 3 is 2.25 bits per heavy atom. The number of nitrogens with one attached hydrogen (secondary N) is 3. The van der Waals surface area contributed by atoms with E-state index in [9.17, 15) is 27.6 Å². The van der Waals surface area contributed by atoms with E-state index in [0.717, 1.165) is 10.5 Å². The van der Waals surface area contributed by atoms with Gasteiger partial charge in [-0.15, -0.1) is 24.2 Å². The van der Waals surface area contributed by atoms with Gasteiger partial charge in [0.25, 0.3) is 5.91 Å². The van der Waals surface area contributed by atoms with Crippen molar-refractivity contribution in [3.63, 3.8) is 0 Å². The Bertz CT molecular complexity index is 1920. The number of carboxylic acid groups (broad SMARTS) is 1. The third-order valence-corrected chi connectivity index (χ3v) is 8.81. The van der Waals surface area contributed by atoms with Crippen molar-refractivity contribution in [2.24, 2.45) is 0 Å². The van der Waals surface area contributed by atoms with Gasteiger partial charge < -0.3 is 21.1 Å². The zero-order chi connectivity index (χ0) is 33.6. The van der Waals surface area contributed by atoms with Crippen molar-refractivity contribution in [1.29, 1.82) is 0 Å². The van der Waals surface area contributed by atoms with Crippen LogP contribution in [0.1, 0.15) is 21.5 Å². The second-order valence-electron chi connectivity index (χ2n) is 10.1. The third-order valence-electron chi connectivity index (χ3n) is 6.75. The predicted octanol–water partition coefficient (Wildman–Crippen LogP) is 9.13. The number of alkyl halides is 3. The number of hydrogen-bond donors (Lipinski definition) is 4.